The second-order valence-electron chi connectivity index (χ2n) is 5.28. The number of esters is 1. The van der Waals surface area contributed by atoms with E-state index >= 15 is 0 Å². The van der Waals surface area contributed by atoms with Crippen LogP contribution in [0, 0.1) is 0 Å². The van der Waals surface area contributed by atoms with Gasteiger partial charge in [0.25, 0.3) is 0 Å². The summed E-state index contributed by atoms with van der Waals surface area (Å²) in [6.45, 7) is 1.79. The van der Waals surface area contributed by atoms with E-state index in [2.05, 4.69) is 15.9 Å². The molecule has 1 fully saturated rings. The smallest absolute Gasteiger partial charge is 0.350 e. The molecule has 0 spiro atoms. The van der Waals surface area contributed by atoms with Gasteiger partial charge in [-0.25, -0.2) is 9.18 Å². The van der Waals surface area contributed by atoms with E-state index in [9.17, 15) is 14.0 Å². The van der Waals surface area contributed by atoms with Crippen LogP contribution in [-0.4, -0.2) is 31.2 Å². The minimum Gasteiger partial charge on any atom is -0.465 e. The summed E-state index contributed by atoms with van der Waals surface area (Å²) in [6.07, 6.45) is 1.68. The van der Waals surface area contributed by atoms with E-state index in [1.54, 1.807) is 17.9 Å². The molecule has 22 heavy (non-hydrogen) atoms. The highest BCUT2D eigenvalue weighted by Gasteiger charge is 2.32. The number of ether oxygens (including phenoxy) is 1. The average molecular weight is 392 g/mol. The van der Waals surface area contributed by atoms with Crippen molar-refractivity contribution in [1.29, 1.82) is 0 Å². The molecule has 1 amide bonds. The first-order valence-corrected chi connectivity index (χ1v) is 8.92. The average Bonchev–Trinajstić information content (AvgIpc) is 2.90. The minimum absolute atomic E-state index is 0.0576. The zero-order chi connectivity index (χ0) is 16.3. The molecule has 4 nitrogen and oxygen atoms in total. The van der Waals surface area contributed by atoms with E-state index in [0.29, 0.717) is 42.7 Å². The highest BCUT2D eigenvalue weighted by molar-refractivity contribution is 9.11. The van der Waals surface area contributed by atoms with Crippen molar-refractivity contribution < 1.29 is 18.7 Å². The fourth-order valence-electron chi connectivity index (χ4n) is 2.77. The fourth-order valence-corrected chi connectivity index (χ4v) is 4.27. The zero-order valence-electron chi connectivity index (χ0n) is 12.6. The number of thiophene rings is 1. The predicted octanol–water partition coefficient (Wildman–Crippen LogP) is 4.32. The predicted molar refractivity (Wildman–Crippen MR) is 88.3 cm³/mol. The molecule has 1 heterocycles. The normalized spacial score (nSPS) is 21.5. The third-order valence-corrected chi connectivity index (χ3v) is 5.48. The van der Waals surface area contributed by atoms with Gasteiger partial charge in [-0.15, -0.1) is 11.3 Å². The van der Waals surface area contributed by atoms with Gasteiger partial charge in [0.2, 0.25) is 5.91 Å². The molecule has 1 saturated carbocycles. The second kappa shape index (κ2) is 7.55. The van der Waals surface area contributed by atoms with Gasteiger partial charge in [-0.2, -0.15) is 0 Å². The molecule has 1 aliphatic rings. The minimum atomic E-state index is -0.788. The molecule has 1 aromatic heterocycles. The number of hydrogen-bond donors (Lipinski definition) is 0. The molecule has 0 bridgehead atoms. The van der Waals surface area contributed by atoms with Crippen molar-refractivity contribution >= 4 is 44.8 Å². The van der Waals surface area contributed by atoms with Crippen LogP contribution in [-0.2, 0) is 9.53 Å². The molecule has 1 aliphatic carbocycles. The maximum absolute atomic E-state index is 13.4. The number of nitrogens with zero attached hydrogens (tertiary/aromatic N) is 1. The summed E-state index contributed by atoms with van der Waals surface area (Å²) in [4.78, 5) is 26.5. The van der Waals surface area contributed by atoms with Crippen LogP contribution in [0.15, 0.2) is 9.85 Å². The van der Waals surface area contributed by atoms with E-state index < -0.39 is 12.1 Å². The van der Waals surface area contributed by atoms with Gasteiger partial charge in [-0.3, -0.25) is 4.79 Å². The molecule has 0 saturated heterocycles. The molecule has 0 N–H and O–H groups in total. The van der Waals surface area contributed by atoms with Gasteiger partial charge in [-0.1, -0.05) is 6.92 Å². The number of rotatable bonds is 4. The van der Waals surface area contributed by atoms with Crippen molar-refractivity contribution in [3.05, 3.63) is 14.7 Å². The van der Waals surface area contributed by atoms with Crippen molar-refractivity contribution in [3.63, 3.8) is 0 Å². The van der Waals surface area contributed by atoms with Gasteiger partial charge in [0, 0.05) is 12.5 Å². The van der Waals surface area contributed by atoms with Crippen LogP contribution in [0.5, 0.6) is 0 Å². The highest BCUT2D eigenvalue weighted by atomic mass is 79.9. The Labute approximate surface area is 141 Å². The lowest BCUT2D eigenvalue weighted by atomic mass is 9.92. The largest absolute Gasteiger partial charge is 0.465 e. The number of halogens is 2. The van der Waals surface area contributed by atoms with E-state index in [1.807, 2.05) is 0 Å². The lowest BCUT2D eigenvalue weighted by molar-refractivity contribution is -0.119. The first-order valence-electron chi connectivity index (χ1n) is 7.31. The topological polar surface area (TPSA) is 46.6 Å². The second-order valence-corrected chi connectivity index (χ2v) is 7.71. The maximum atomic E-state index is 13.4. The molecule has 2 rings (SSSR count). The first kappa shape index (κ1) is 17.4. The van der Waals surface area contributed by atoms with Gasteiger partial charge in [-0.05, 0) is 47.7 Å². The van der Waals surface area contributed by atoms with Crippen LogP contribution >= 0.6 is 27.3 Å². The van der Waals surface area contributed by atoms with E-state index in [-0.39, 0.29) is 11.9 Å². The maximum Gasteiger partial charge on any atom is 0.350 e. The van der Waals surface area contributed by atoms with Crippen LogP contribution in [0.4, 0.5) is 10.1 Å². The number of amides is 1. The molecule has 1 aromatic rings. The summed E-state index contributed by atoms with van der Waals surface area (Å²) in [6, 6.07) is 1.70. The summed E-state index contributed by atoms with van der Waals surface area (Å²) in [7, 11) is 1.32. The Hall–Kier alpha value is -0.950. The van der Waals surface area contributed by atoms with Crippen LogP contribution in [0.2, 0.25) is 0 Å². The quantitative estimate of drug-likeness (QED) is 0.717. The molecule has 7 heteroatoms. The van der Waals surface area contributed by atoms with Crippen LogP contribution in [0.25, 0.3) is 0 Å². The Morgan fingerprint density at radius 1 is 1.41 bits per heavy atom. The SMILES string of the molecule is CCC(=O)N(c1cc(Br)sc1C(=O)OC)C1CCC(F)CC1. The molecule has 0 aromatic carbocycles. The summed E-state index contributed by atoms with van der Waals surface area (Å²) in [5.74, 6) is -0.517. The van der Waals surface area contributed by atoms with E-state index in [1.165, 1.54) is 18.4 Å². The zero-order valence-corrected chi connectivity index (χ0v) is 15.0. The number of methoxy groups -OCH3 is 1. The van der Waals surface area contributed by atoms with Gasteiger partial charge in [0.1, 0.15) is 11.0 Å². The van der Waals surface area contributed by atoms with Gasteiger partial charge >= 0.3 is 5.97 Å². The summed E-state index contributed by atoms with van der Waals surface area (Å²) in [5.41, 5.74) is 0.567. The van der Waals surface area contributed by atoms with Crippen molar-refractivity contribution in [2.75, 3.05) is 12.0 Å². The Morgan fingerprint density at radius 3 is 2.59 bits per heavy atom. The lowest BCUT2D eigenvalue weighted by Gasteiger charge is -2.35. The number of carbonyl (C=O) groups is 2. The monoisotopic (exact) mass is 391 g/mol. The van der Waals surface area contributed by atoms with E-state index in [4.69, 9.17) is 4.74 Å². The Balaban J connectivity index is 2.38. The Bertz CT molecular complexity index is 555. The van der Waals surface area contributed by atoms with Crippen molar-refractivity contribution in [2.45, 2.75) is 51.2 Å². The number of anilines is 1. The fraction of sp³-hybridized carbons (Fsp3) is 0.600. The molecule has 0 unspecified atom stereocenters. The summed E-state index contributed by atoms with van der Waals surface area (Å²) >= 11 is 4.61. The van der Waals surface area contributed by atoms with Crippen molar-refractivity contribution in [2.24, 2.45) is 0 Å². The number of alkyl halides is 1. The number of carbonyl (C=O) groups excluding carboxylic acids is 2. The van der Waals surface area contributed by atoms with E-state index in [0.717, 1.165) is 3.79 Å². The molecule has 122 valence electrons. The Kier molecular flexibility index (Phi) is 5.97. The summed E-state index contributed by atoms with van der Waals surface area (Å²) < 4.78 is 19.0. The third kappa shape index (κ3) is 3.68. The number of hydrogen-bond acceptors (Lipinski definition) is 4. The van der Waals surface area contributed by atoms with Crippen molar-refractivity contribution in [3.8, 4) is 0 Å². The summed E-state index contributed by atoms with van der Waals surface area (Å²) in [5, 5.41) is 0. The van der Waals surface area contributed by atoms with Gasteiger partial charge in [0.05, 0.1) is 16.6 Å². The van der Waals surface area contributed by atoms with Crippen LogP contribution < -0.4 is 4.90 Å². The highest BCUT2D eigenvalue weighted by Crippen LogP contribution is 2.38. The lowest BCUT2D eigenvalue weighted by Crippen LogP contribution is -2.43. The van der Waals surface area contributed by atoms with Crippen molar-refractivity contribution in [1.82, 2.24) is 0 Å². The first-order chi connectivity index (χ1) is 10.5. The molecule has 0 radical (unpaired) electrons. The third-order valence-electron chi connectivity index (χ3n) is 3.88. The molecule has 0 aliphatic heterocycles. The Morgan fingerprint density at radius 2 is 2.05 bits per heavy atom. The van der Waals surface area contributed by atoms with Gasteiger partial charge < -0.3 is 9.64 Å². The molecule has 0 atom stereocenters. The van der Waals surface area contributed by atoms with Crippen LogP contribution in [0.1, 0.15) is 48.7 Å². The molecular formula is C15H19BrFNO3S. The van der Waals surface area contributed by atoms with Gasteiger partial charge in [0.15, 0.2) is 0 Å². The van der Waals surface area contributed by atoms with Crippen LogP contribution in [0.3, 0.4) is 0 Å². The standard InChI is InChI=1S/C15H19BrFNO3S/c1-3-13(19)18(10-6-4-9(17)5-7-10)11-8-12(16)22-14(11)15(20)21-2/h8-10H,3-7H2,1-2H3. The molecular weight excluding hydrogens is 373 g/mol.